The maximum atomic E-state index is 12.8. The fourth-order valence-electron chi connectivity index (χ4n) is 4.17. The molecule has 0 saturated carbocycles. The number of hydroxylamine groups is 2. The molecule has 4 rings (SSSR count). The van der Waals surface area contributed by atoms with Gasteiger partial charge in [0.2, 0.25) is 5.76 Å². The molecule has 1 saturated heterocycles. The highest BCUT2D eigenvalue weighted by Crippen LogP contribution is 2.30. The molecule has 194 valence electrons. The van der Waals surface area contributed by atoms with E-state index in [1.54, 1.807) is 25.8 Å². The Bertz CT molecular complexity index is 1320. The van der Waals surface area contributed by atoms with Gasteiger partial charge in [-0.2, -0.15) is 5.26 Å². The number of nitrogens with one attached hydrogen (secondary N) is 1. The van der Waals surface area contributed by atoms with E-state index in [-0.39, 0.29) is 11.5 Å². The van der Waals surface area contributed by atoms with Crippen LogP contribution in [-0.2, 0) is 9.57 Å². The summed E-state index contributed by atoms with van der Waals surface area (Å²) in [5.41, 5.74) is 3.82. The highest BCUT2D eigenvalue weighted by Gasteiger charge is 2.25. The van der Waals surface area contributed by atoms with Gasteiger partial charge in [-0.15, -0.1) is 5.06 Å². The average molecular weight is 506 g/mol. The smallest absolute Gasteiger partial charge is 0.440 e. The van der Waals surface area contributed by atoms with Gasteiger partial charge in [-0.05, 0) is 77.1 Å². The van der Waals surface area contributed by atoms with Crippen LogP contribution < -0.4 is 10.2 Å². The first-order chi connectivity index (χ1) is 17.5. The molecule has 0 unspecified atom stereocenters. The van der Waals surface area contributed by atoms with Crippen molar-refractivity contribution in [3.05, 3.63) is 65.4 Å². The van der Waals surface area contributed by atoms with Crippen molar-refractivity contribution < 1.29 is 23.6 Å². The minimum atomic E-state index is -0.708. The van der Waals surface area contributed by atoms with Gasteiger partial charge in [0.25, 0.3) is 5.91 Å². The van der Waals surface area contributed by atoms with Gasteiger partial charge in [-0.1, -0.05) is 0 Å². The number of furan rings is 1. The first kappa shape index (κ1) is 25.9. The van der Waals surface area contributed by atoms with Gasteiger partial charge in [0.15, 0.2) is 5.76 Å². The van der Waals surface area contributed by atoms with E-state index in [9.17, 15) is 9.59 Å². The van der Waals surface area contributed by atoms with Crippen LogP contribution in [0.2, 0.25) is 0 Å². The molecule has 0 atom stereocenters. The molecule has 3 aromatic rings. The van der Waals surface area contributed by atoms with E-state index < -0.39 is 17.7 Å². The van der Waals surface area contributed by atoms with Crippen molar-refractivity contribution in [2.24, 2.45) is 0 Å². The van der Waals surface area contributed by atoms with Gasteiger partial charge < -0.3 is 28.8 Å². The SMILES string of the molecule is Cc1ccc(C)n1-c1cc(N2CCN(OC(=O)OC(C)(C)C)CC2)ccc1NC(=O)c1ccc(C#N)o1. The largest absolute Gasteiger partial charge is 0.528 e. The quantitative estimate of drug-likeness (QED) is 0.492. The number of carbonyl (C=O) groups is 2. The van der Waals surface area contributed by atoms with Crippen LogP contribution in [0.1, 0.15) is 48.5 Å². The zero-order chi connectivity index (χ0) is 26.7. The molecule has 0 spiro atoms. The predicted octanol–water partition coefficient (Wildman–Crippen LogP) is 4.80. The fraction of sp³-hybridized carbons (Fsp3) is 0.370. The predicted molar refractivity (Wildman–Crippen MR) is 138 cm³/mol. The molecule has 1 aromatic carbocycles. The maximum absolute atomic E-state index is 12.8. The molecule has 1 aliphatic heterocycles. The van der Waals surface area contributed by atoms with Crippen LogP contribution in [0.25, 0.3) is 5.69 Å². The Morgan fingerprint density at radius 2 is 1.68 bits per heavy atom. The van der Waals surface area contributed by atoms with Crippen molar-refractivity contribution in [1.29, 1.82) is 5.26 Å². The summed E-state index contributed by atoms with van der Waals surface area (Å²) < 4.78 is 12.6. The second-order valence-corrected chi connectivity index (χ2v) is 9.85. The molecule has 0 aliphatic carbocycles. The number of carbonyl (C=O) groups excluding carboxylic acids is 2. The standard InChI is InChI=1S/C27H31N5O5/c1-18-6-7-19(2)32(18)23-16-20(8-10-22(23)29-25(33)24-11-9-21(17-28)35-24)30-12-14-31(15-13-30)37-26(34)36-27(3,4)5/h6-11,16H,12-15H2,1-5H3,(H,29,33). The van der Waals surface area contributed by atoms with Gasteiger partial charge in [-0.25, -0.2) is 4.79 Å². The minimum absolute atomic E-state index is 0.0636. The highest BCUT2D eigenvalue weighted by atomic mass is 16.8. The van der Waals surface area contributed by atoms with Crippen LogP contribution in [0.4, 0.5) is 16.2 Å². The number of aromatic nitrogens is 1. The third-order valence-corrected chi connectivity index (χ3v) is 5.88. The van der Waals surface area contributed by atoms with Crippen LogP contribution in [0.3, 0.4) is 0 Å². The van der Waals surface area contributed by atoms with Crippen molar-refractivity contribution in [3.8, 4) is 11.8 Å². The Hall–Kier alpha value is -4.23. The van der Waals surface area contributed by atoms with Crippen molar-refractivity contribution >= 4 is 23.4 Å². The number of aryl methyl sites for hydroxylation is 2. The molecule has 37 heavy (non-hydrogen) atoms. The topological polar surface area (TPSA) is 113 Å². The summed E-state index contributed by atoms with van der Waals surface area (Å²) in [6.07, 6.45) is -0.708. The first-order valence-electron chi connectivity index (χ1n) is 12.1. The third-order valence-electron chi connectivity index (χ3n) is 5.88. The second-order valence-electron chi connectivity index (χ2n) is 9.85. The first-order valence-corrected chi connectivity index (χ1v) is 12.1. The summed E-state index contributed by atoms with van der Waals surface area (Å²) >= 11 is 0. The summed E-state index contributed by atoms with van der Waals surface area (Å²) in [6, 6.07) is 14.7. The number of piperazine rings is 1. The van der Waals surface area contributed by atoms with E-state index in [4.69, 9.17) is 19.3 Å². The number of hydrogen-bond donors (Lipinski definition) is 1. The van der Waals surface area contributed by atoms with E-state index in [1.807, 2.05) is 50.2 Å². The molecule has 1 amide bonds. The number of nitrogens with zero attached hydrogens (tertiary/aromatic N) is 4. The van der Waals surface area contributed by atoms with Gasteiger partial charge >= 0.3 is 6.16 Å². The number of ether oxygens (including phenoxy) is 1. The second kappa shape index (κ2) is 10.4. The molecular weight excluding hydrogens is 474 g/mol. The number of nitriles is 1. The lowest BCUT2D eigenvalue weighted by Crippen LogP contribution is -2.47. The minimum Gasteiger partial charge on any atom is -0.440 e. The average Bonchev–Trinajstić information content (AvgIpc) is 3.45. The highest BCUT2D eigenvalue weighted by molar-refractivity contribution is 6.03. The van der Waals surface area contributed by atoms with E-state index in [2.05, 4.69) is 14.8 Å². The van der Waals surface area contributed by atoms with Gasteiger partial charge in [0, 0.05) is 30.2 Å². The van der Waals surface area contributed by atoms with Crippen molar-refractivity contribution in [1.82, 2.24) is 9.63 Å². The third kappa shape index (κ3) is 6.13. The molecule has 0 bridgehead atoms. The molecule has 3 heterocycles. The monoisotopic (exact) mass is 505 g/mol. The molecule has 1 aliphatic rings. The molecule has 1 N–H and O–H groups in total. The molecule has 10 heteroatoms. The van der Waals surface area contributed by atoms with Gasteiger partial charge in [0.05, 0.1) is 24.5 Å². The summed E-state index contributed by atoms with van der Waals surface area (Å²) in [5, 5.41) is 13.5. The molecule has 1 fully saturated rings. The zero-order valence-corrected chi connectivity index (χ0v) is 21.7. The summed E-state index contributed by atoms with van der Waals surface area (Å²) in [6.45, 7) is 11.7. The van der Waals surface area contributed by atoms with Gasteiger partial charge in [-0.3, -0.25) is 4.79 Å². The van der Waals surface area contributed by atoms with E-state index >= 15 is 0 Å². The Morgan fingerprint density at radius 3 is 2.27 bits per heavy atom. The van der Waals surface area contributed by atoms with Crippen LogP contribution in [0.5, 0.6) is 0 Å². The Morgan fingerprint density at radius 1 is 1.00 bits per heavy atom. The lowest BCUT2D eigenvalue weighted by molar-refractivity contribution is -0.144. The molecule has 10 nitrogen and oxygen atoms in total. The summed E-state index contributed by atoms with van der Waals surface area (Å²) in [4.78, 5) is 32.4. The Labute approximate surface area is 215 Å². The Kier molecular flexibility index (Phi) is 7.27. The number of hydrogen-bond acceptors (Lipinski definition) is 8. The van der Waals surface area contributed by atoms with Crippen LogP contribution in [0, 0.1) is 25.2 Å². The van der Waals surface area contributed by atoms with Crippen molar-refractivity contribution in [2.45, 2.75) is 40.2 Å². The summed E-state index contributed by atoms with van der Waals surface area (Å²) in [7, 11) is 0. The van der Waals surface area contributed by atoms with E-state index in [1.165, 1.54) is 12.1 Å². The normalized spacial score (nSPS) is 14.2. The van der Waals surface area contributed by atoms with Crippen LogP contribution in [-0.4, -0.2) is 53.5 Å². The van der Waals surface area contributed by atoms with E-state index in [0.29, 0.717) is 31.9 Å². The lowest BCUT2D eigenvalue weighted by Gasteiger charge is -2.35. The molecule has 2 aromatic heterocycles. The maximum Gasteiger partial charge on any atom is 0.528 e. The van der Waals surface area contributed by atoms with Gasteiger partial charge in [0.1, 0.15) is 11.7 Å². The van der Waals surface area contributed by atoms with Crippen molar-refractivity contribution in [2.75, 3.05) is 36.4 Å². The van der Waals surface area contributed by atoms with Crippen LogP contribution >= 0.6 is 0 Å². The van der Waals surface area contributed by atoms with E-state index in [0.717, 1.165) is 22.8 Å². The van der Waals surface area contributed by atoms with Crippen molar-refractivity contribution in [3.63, 3.8) is 0 Å². The molecule has 0 radical (unpaired) electrons. The number of rotatable bonds is 5. The number of anilines is 2. The lowest BCUT2D eigenvalue weighted by atomic mass is 10.2. The fourth-order valence-corrected chi connectivity index (χ4v) is 4.17. The molecular formula is C27H31N5O5. The number of benzene rings is 1. The summed E-state index contributed by atoms with van der Waals surface area (Å²) in [5.74, 6) is -0.299. The number of amides is 1. The van der Waals surface area contributed by atoms with Crippen LogP contribution in [0.15, 0.2) is 46.9 Å². The Balaban J connectivity index is 1.53. The zero-order valence-electron chi connectivity index (χ0n) is 21.7.